The number of amides is 3. The van der Waals surface area contributed by atoms with Gasteiger partial charge in [-0.2, -0.15) is 0 Å². The summed E-state index contributed by atoms with van der Waals surface area (Å²) < 4.78 is 9.76. The summed E-state index contributed by atoms with van der Waals surface area (Å²) in [5.74, 6) is -0.897. The third-order valence-electron chi connectivity index (χ3n) is 4.51. The Bertz CT molecular complexity index is 936. The van der Waals surface area contributed by atoms with Gasteiger partial charge in [0, 0.05) is 42.2 Å². The van der Waals surface area contributed by atoms with E-state index in [0.717, 1.165) is 0 Å². The summed E-state index contributed by atoms with van der Waals surface area (Å²) >= 11 is 6.00. The van der Waals surface area contributed by atoms with Gasteiger partial charge in [0.05, 0.1) is 12.5 Å². The molecule has 1 heterocycles. The van der Waals surface area contributed by atoms with Gasteiger partial charge in [-0.1, -0.05) is 23.7 Å². The highest BCUT2D eigenvalue weighted by Gasteiger charge is 2.35. The molecule has 0 bridgehead atoms. The molecule has 2 aromatic carbocycles. The molecule has 8 nitrogen and oxygen atoms in total. The van der Waals surface area contributed by atoms with Crippen LogP contribution in [0.2, 0.25) is 5.02 Å². The van der Waals surface area contributed by atoms with E-state index in [-0.39, 0.29) is 31.4 Å². The Balaban J connectivity index is 1.58. The predicted molar refractivity (Wildman–Crippen MR) is 114 cm³/mol. The lowest BCUT2D eigenvalue weighted by Crippen LogP contribution is -2.28. The summed E-state index contributed by atoms with van der Waals surface area (Å²) in [6, 6.07) is 13.6. The first-order chi connectivity index (χ1) is 14.5. The first-order valence-electron chi connectivity index (χ1n) is 9.36. The third-order valence-corrected chi connectivity index (χ3v) is 4.75. The van der Waals surface area contributed by atoms with Crippen LogP contribution in [0, 0.1) is 5.92 Å². The first kappa shape index (κ1) is 21.6. The van der Waals surface area contributed by atoms with E-state index in [0.29, 0.717) is 28.7 Å². The molecule has 0 radical (unpaired) electrons. The number of methoxy groups -OCH3 is 1. The molecule has 0 aliphatic carbocycles. The molecule has 1 unspecified atom stereocenters. The van der Waals surface area contributed by atoms with Gasteiger partial charge in [-0.25, -0.2) is 4.79 Å². The lowest BCUT2D eigenvalue weighted by Gasteiger charge is -2.17. The maximum absolute atomic E-state index is 12.7. The van der Waals surface area contributed by atoms with E-state index in [2.05, 4.69) is 10.6 Å². The van der Waals surface area contributed by atoms with Gasteiger partial charge in [0.2, 0.25) is 11.8 Å². The molecule has 1 aliphatic heterocycles. The summed E-state index contributed by atoms with van der Waals surface area (Å²) in [5, 5.41) is 5.91. The second-order valence-corrected chi connectivity index (χ2v) is 7.15. The van der Waals surface area contributed by atoms with Crippen molar-refractivity contribution in [1.29, 1.82) is 0 Å². The topological polar surface area (TPSA) is 97.0 Å². The van der Waals surface area contributed by atoms with Crippen LogP contribution in [0.15, 0.2) is 48.5 Å². The van der Waals surface area contributed by atoms with Gasteiger partial charge in [0.1, 0.15) is 6.61 Å². The fourth-order valence-electron chi connectivity index (χ4n) is 3.07. The number of ether oxygens (including phenoxy) is 2. The Morgan fingerprint density at radius 1 is 1.10 bits per heavy atom. The van der Waals surface area contributed by atoms with Crippen molar-refractivity contribution in [3.8, 4) is 0 Å². The van der Waals surface area contributed by atoms with E-state index in [9.17, 15) is 14.4 Å². The lowest BCUT2D eigenvalue weighted by atomic mass is 10.1. The SMILES string of the molecule is COCCOC(=O)Nc1cccc(NC(=O)C2CC(=O)N(c3cccc(Cl)c3)C2)c1. The third kappa shape index (κ3) is 5.71. The van der Waals surface area contributed by atoms with Gasteiger partial charge < -0.3 is 19.7 Å². The van der Waals surface area contributed by atoms with E-state index in [1.165, 1.54) is 7.11 Å². The number of anilines is 3. The van der Waals surface area contributed by atoms with Crippen LogP contribution in [0.4, 0.5) is 21.9 Å². The number of nitrogens with one attached hydrogen (secondary N) is 2. The zero-order valence-electron chi connectivity index (χ0n) is 16.4. The van der Waals surface area contributed by atoms with Crippen molar-refractivity contribution in [2.75, 3.05) is 42.4 Å². The van der Waals surface area contributed by atoms with Crippen LogP contribution in [0.5, 0.6) is 0 Å². The zero-order chi connectivity index (χ0) is 21.5. The highest BCUT2D eigenvalue weighted by molar-refractivity contribution is 6.31. The maximum atomic E-state index is 12.7. The number of carbonyl (C=O) groups is 3. The van der Waals surface area contributed by atoms with Gasteiger partial charge in [-0.15, -0.1) is 0 Å². The molecular weight excluding hydrogens is 410 g/mol. The quantitative estimate of drug-likeness (QED) is 0.654. The Hall–Kier alpha value is -3.10. The number of rotatable bonds is 7. The van der Waals surface area contributed by atoms with Crippen molar-refractivity contribution >= 4 is 46.6 Å². The monoisotopic (exact) mass is 431 g/mol. The minimum absolute atomic E-state index is 0.113. The van der Waals surface area contributed by atoms with Crippen LogP contribution in [0.3, 0.4) is 0 Å². The normalized spacial score (nSPS) is 15.7. The summed E-state index contributed by atoms with van der Waals surface area (Å²) in [5.41, 5.74) is 1.64. The molecule has 0 saturated carbocycles. The molecule has 0 aromatic heterocycles. The van der Waals surface area contributed by atoms with Crippen LogP contribution in [0.25, 0.3) is 0 Å². The van der Waals surface area contributed by atoms with Crippen LogP contribution < -0.4 is 15.5 Å². The average molecular weight is 432 g/mol. The summed E-state index contributed by atoms with van der Waals surface area (Å²) in [6.45, 7) is 0.711. The van der Waals surface area contributed by atoms with Crippen LogP contribution in [-0.2, 0) is 19.1 Å². The number of carbonyl (C=O) groups excluding carboxylic acids is 3. The molecule has 158 valence electrons. The van der Waals surface area contributed by atoms with Crippen molar-refractivity contribution in [2.45, 2.75) is 6.42 Å². The number of hydrogen-bond donors (Lipinski definition) is 2. The molecule has 30 heavy (non-hydrogen) atoms. The second-order valence-electron chi connectivity index (χ2n) is 6.71. The molecule has 3 rings (SSSR count). The molecule has 0 spiro atoms. The fraction of sp³-hybridized carbons (Fsp3) is 0.286. The van der Waals surface area contributed by atoms with Crippen LogP contribution in [-0.4, -0.2) is 44.8 Å². The molecule has 2 aromatic rings. The number of nitrogens with zero attached hydrogens (tertiary/aromatic N) is 1. The van der Waals surface area contributed by atoms with Crippen LogP contribution in [0.1, 0.15) is 6.42 Å². The fourth-order valence-corrected chi connectivity index (χ4v) is 3.25. The van der Waals surface area contributed by atoms with Gasteiger partial charge in [0.25, 0.3) is 0 Å². The van der Waals surface area contributed by atoms with Gasteiger partial charge in [-0.05, 0) is 36.4 Å². The number of halogens is 1. The molecule has 1 saturated heterocycles. The minimum Gasteiger partial charge on any atom is -0.447 e. The first-order valence-corrected chi connectivity index (χ1v) is 9.73. The van der Waals surface area contributed by atoms with Crippen molar-refractivity contribution in [2.24, 2.45) is 5.92 Å². The Morgan fingerprint density at radius 3 is 2.57 bits per heavy atom. The molecule has 2 N–H and O–H groups in total. The largest absolute Gasteiger partial charge is 0.447 e. The van der Waals surface area contributed by atoms with Crippen molar-refractivity contribution in [3.63, 3.8) is 0 Å². The van der Waals surface area contributed by atoms with Crippen LogP contribution >= 0.6 is 11.6 Å². The summed E-state index contributed by atoms with van der Waals surface area (Å²) in [4.78, 5) is 38.3. The average Bonchev–Trinajstić information content (AvgIpc) is 3.10. The zero-order valence-corrected chi connectivity index (χ0v) is 17.1. The molecule has 1 aliphatic rings. The van der Waals surface area contributed by atoms with E-state index < -0.39 is 12.0 Å². The molecular formula is C21H22ClN3O5. The van der Waals surface area contributed by atoms with Crippen molar-refractivity contribution in [3.05, 3.63) is 53.6 Å². The Morgan fingerprint density at radius 2 is 1.83 bits per heavy atom. The number of benzene rings is 2. The van der Waals surface area contributed by atoms with E-state index in [4.69, 9.17) is 21.1 Å². The highest BCUT2D eigenvalue weighted by atomic mass is 35.5. The summed E-state index contributed by atoms with van der Waals surface area (Å²) in [6.07, 6.45) is -0.503. The van der Waals surface area contributed by atoms with Gasteiger partial charge in [-0.3, -0.25) is 14.9 Å². The second kappa shape index (κ2) is 10.1. The predicted octanol–water partition coefficient (Wildman–Crippen LogP) is 3.53. The standard InChI is InChI=1S/C21H22ClN3O5/c1-29-8-9-30-21(28)24-17-6-3-5-16(12-17)23-20(27)14-10-19(26)25(13-14)18-7-2-4-15(22)11-18/h2-7,11-12,14H,8-10,13H2,1H3,(H,23,27)(H,24,28). The maximum Gasteiger partial charge on any atom is 0.411 e. The summed E-state index contributed by atoms with van der Waals surface area (Å²) in [7, 11) is 1.51. The van der Waals surface area contributed by atoms with Crippen molar-refractivity contribution < 1.29 is 23.9 Å². The Labute approximate surface area is 179 Å². The number of hydrogen-bond acceptors (Lipinski definition) is 5. The van der Waals surface area contributed by atoms with E-state index in [1.807, 2.05) is 0 Å². The minimum atomic E-state index is -0.617. The molecule has 1 atom stereocenters. The lowest BCUT2D eigenvalue weighted by molar-refractivity contribution is -0.122. The van der Waals surface area contributed by atoms with Crippen molar-refractivity contribution in [1.82, 2.24) is 0 Å². The van der Waals surface area contributed by atoms with Gasteiger partial charge in [0.15, 0.2) is 0 Å². The molecule has 3 amide bonds. The smallest absolute Gasteiger partial charge is 0.411 e. The van der Waals surface area contributed by atoms with E-state index in [1.54, 1.807) is 53.4 Å². The molecule has 1 fully saturated rings. The highest BCUT2D eigenvalue weighted by Crippen LogP contribution is 2.28. The molecule has 9 heteroatoms. The Kier molecular flexibility index (Phi) is 7.26. The van der Waals surface area contributed by atoms with E-state index >= 15 is 0 Å². The van der Waals surface area contributed by atoms with Gasteiger partial charge >= 0.3 is 6.09 Å².